The maximum atomic E-state index is 12.4. The molecule has 0 spiro atoms. The number of carboxylic acid groups (broad SMARTS) is 1. The number of anilines is 1. The van der Waals surface area contributed by atoms with Crippen molar-refractivity contribution in [1.29, 1.82) is 0 Å². The third-order valence-electron chi connectivity index (χ3n) is 4.91. The van der Waals surface area contributed by atoms with Gasteiger partial charge in [0.25, 0.3) is 5.91 Å². The molecule has 1 heterocycles. The highest BCUT2D eigenvalue weighted by atomic mass is 32.1. The van der Waals surface area contributed by atoms with Crippen molar-refractivity contribution in [2.24, 2.45) is 0 Å². The Kier molecular flexibility index (Phi) is 7.78. The Labute approximate surface area is 186 Å². The van der Waals surface area contributed by atoms with Gasteiger partial charge in [-0.15, -0.1) is 11.3 Å². The number of rotatable bonds is 10. The molecule has 0 radical (unpaired) electrons. The Hall–Kier alpha value is -3.19. The summed E-state index contributed by atoms with van der Waals surface area (Å²) in [5.41, 5.74) is 3.64. The molecule has 0 atom stereocenters. The molecule has 0 saturated carbocycles. The van der Waals surface area contributed by atoms with Crippen molar-refractivity contribution in [3.8, 4) is 11.3 Å². The van der Waals surface area contributed by atoms with Crippen molar-refractivity contribution >= 4 is 28.3 Å². The summed E-state index contributed by atoms with van der Waals surface area (Å²) in [6.45, 7) is 3.45. The molecule has 0 bridgehead atoms. The smallest absolute Gasteiger partial charge is 0.323 e. The summed E-state index contributed by atoms with van der Waals surface area (Å²) in [6.07, 6.45) is 2.16. The number of hydrogen-bond acceptors (Lipinski definition) is 5. The predicted octanol–water partition coefficient (Wildman–Crippen LogP) is 4.77. The predicted molar refractivity (Wildman–Crippen MR) is 125 cm³/mol. The Morgan fingerprint density at radius 2 is 1.77 bits per heavy atom. The molecule has 162 valence electrons. The molecule has 1 amide bonds. The number of aliphatic carboxylic acids is 1. The van der Waals surface area contributed by atoms with Gasteiger partial charge in [0.15, 0.2) is 5.13 Å². The van der Waals surface area contributed by atoms with Crippen LogP contribution in [0.2, 0.25) is 0 Å². The van der Waals surface area contributed by atoms with E-state index in [1.807, 2.05) is 30.3 Å². The van der Waals surface area contributed by atoms with E-state index >= 15 is 0 Å². The van der Waals surface area contributed by atoms with Gasteiger partial charge in [-0.3, -0.25) is 9.59 Å². The molecule has 1 aromatic heterocycles. The number of nitrogens with zero attached hydrogens (tertiary/aromatic N) is 3. The number of amides is 1. The van der Waals surface area contributed by atoms with Gasteiger partial charge >= 0.3 is 5.97 Å². The molecule has 2 aromatic carbocycles. The van der Waals surface area contributed by atoms with Crippen molar-refractivity contribution in [3.05, 3.63) is 71.1 Å². The Morgan fingerprint density at radius 3 is 2.42 bits per heavy atom. The number of aromatic nitrogens is 1. The Morgan fingerprint density at radius 1 is 1.06 bits per heavy atom. The number of hydrogen-bond donors (Lipinski definition) is 1. The Bertz CT molecular complexity index is 1000. The molecule has 0 unspecified atom stereocenters. The summed E-state index contributed by atoms with van der Waals surface area (Å²) in [5, 5.41) is 11.9. The van der Waals surface area contributed by atoms with Crippen molar-refractivity contribution in [2.45, 2.75) is 26.3 Å². The second-order valence-corrected chi connectivity index (χ2v) is 8.24. The zero-order valence-electron chi connectivity index (χ0n) is 17.8. The van der Waals surface area contributed by atoms with E-state index in [-0.39, 0.29) is 12.5 Å². The highest BCUT2D eigenvalue weighted by Crippen LogP contribution is 2.28. The molecule has 0 saturated heterocycles. The monoisotopic (exact) mass is 437 g/mol. The first-order chi connectivity index (χ1) is 15.0. The Balaban J connectivity index is 1.73. The molecule has 0 aliphatic heterocycles. The van der Waals surface area contributed by atoms with Gasteiger partial charge < -0.3 is 14.9 Å². The van der Waals surface area contributed by atoms with Gasteiger partial charge in [0.2, 0.25) is 0 Å². The SMILES string of the molecule is CCCCN(Cc1ccc(C(=O)N(C)CC(=O)O)cc1)c1nc(-c2ccccc2)cs1. The fraction of sp³-hybridized carbons (Fsp3) is 0.292. The molecule has 0 aliphatic rings. The van der Waals surface area contributed by atoms with Gasteiger partial charge in [-0.25, -0.2) is 4.98 Å². The molecule has 0 fully saturated rings. The summed E-state index contributed by atoms with van der Waals surface area (Å²) in [6, 6.07) is 17.5. The highest BCUT2D eigenvalue weighted by molar-refractivity contribution is 7.14. The lowest BCUT2D eigenvalue weighted by Crippen LogP contribution is -2.31. The first kappa shape index (κ1) is 22.5. The van der Waals surface area contributed by atoms with E-state index in [1.54, 1.807) is 23.5 Å². The van der Waals surface area contributed by atoms with Crippen LogP contribution in [0.1, 0.15) is 35.7 Å². The van der Waals surface area contributed by atoms with Gasteiger partial charge in [0.05, 0.1) is 5.69 Å². The van der Waals surface area contributed by atoms with Crippen LogP contribution < -0.4 is 4.90 Å². The van der Waals surface area contributed by atoms with Crippen LogP contribution in [0.25, 0.3) is 11.3 Å². The molecular weight excluding hydrogens is 410 g/mol. The van der Waals surface area contributed by atoms with Crippen molar-refractivity contribution in [2.75, 3.05) is 25.0 Å². The minimum absolute atomic E-state index is 0.302. The molecule has 3 aromatic rings. The second-order valence-electron chi connectivity index (χ2n) is 7.41. The maximum absolute atomic E-state index is 12.4. The van der Waals surface area contributed by atoms with Crippen LogP contribution in [0, 0.1) is 0 Å². The van der Waals surface area contributed by atoms with Crippen LogP contribution in [-0.4, -0.2) is 47.0 Å². The van der Waals surface area contributed by atoms with E-state index in [4.69, 9.17) is 10.1 Å². The average Bonchev–Trinajstić information content (AvgIpc) is 3.27. The maximum Gasteiger partial charge on any atom is 0.323 e. The fourth-order valence-corrected chi connectivity index (χ4v) is 4.07. The van der Waals surface area contributed by atoms with Crippen LogP contribution in [-0.2, 0) is 11.3 Å². The van der Waals surface area contributed by atoms with E-state index in [0.717, 1.165) is 41.3 Å². The lowest BCUT2D eigenvalue weighted by Gasteiger charge is -2.22. The molecular formula is C24H27N3O3S. The van der Waals surface area contributed by atoms with Crippen LogP contribution in [0.3, 0.4) is 0 Å². The van der Waals surface area contributed by atoms with Crippen LogP contribution in [0.15, 0.2) is 60.0 Å². The summed E-state index contributed by atoms with van der Waals surface area (Å²) in [4.78, 5) is 31.5. The second kappa shape index (κ2) is 10.7. The van der Waals surface area contributed by atoms with E-state index in [1.165, 1.54) is 11.9 Å². The third kappa shape index (κ3) is 6.15. The summed E-state index contributed by atoms with van der Waals surface area (Å²) < 4.78 is 0. The standard InChI is InChI=1S/C24H27N3O3S/c1-3-4-14-27(24-25-21(17-31-24)19-8-6-5-7-9-19)15-18-10-12-20(13-11-18)23(30)26(2)16-22(28)29/h5-13,17H,3-4,14-16H2,1-2H3,(H,28,29). The van der Waals surface area contributed by atoms with Gasteiger partial charge in [-0.2, -0.15) is 0 Å². The molecule has 3 rings (SSSR count). The number of unbranched alkanes of at least 4 members (excludes halogenated alkanes) is 1. The lowest BCUT2D eigenvalue weighted by atomic mass is 10.1. The number of thiazole rings is 1. The van der Waals surface area contributed by atoms with Crippen molar-refractivity contribution in [3.63, 3.8) is 0 Å². The molecule has 0 aliphatic carbocycles. The van der Waals surface area contributed by atoms with Crippen molar-refractivity contribution < 1.29 is 14.7 Å². The topological polar surface area (TPSA) is 73.7 Å². The van der Waals surface area contributed by atoms with Crippen molar-refractivity contribution in [1.82, 2.24) is 9.88 Å². The molecule has 31 heavy (non-hydrogen) atoms. The number of carbonyl (C=O) groups excluding carboxylic acids is 1. The van der Waals surface area contributed by atoms with Crippen LogP contribution in [0.5, 0.6) is 0 Å². The molecule has 6 nitrogen and oxygen atoms in total. The largest absolute Gasteiger partial charge is 0.480 e. The van der Waals surface area contributed by atoms with Gasteiger partial charge in [0.1, 0.15) is 6.54 Å². The minimum Gasteiger partial charge on any atom is -0.480 e. The van der Waals surface area contributed by atoms with Gasteiger partial charge in [-0.05, 0) is 24.1 Å². The average molecular weight is 438 g/mol. The first-order valence-electron chi connectivity index (χ1n) is 10.3. The lowest BCUT2D eigenvalue weighted by molar-refractivity contribution is -0.137. The van der Waals surface area contributed by atoms with E-state index in [2.05, 4.69) is 29.3 Å². The zero-order valence-corrected chi connectivity index (χ0v) is 18.6. The van der Waals surface area contributed by atoms with E-state index < -0.39 is 5.97 Å². The third-order valence-corrected chi connectivity index (χ3v) is 5.81. The first-order valence-corrected chi connectivity index (χ1v) is 11.2. The summed E-state index contributed by atoms with van der Waals surface area (Å²) >= 11 is 1.64. The number of carboxylic acids is 1. The van der Waals surface area contributed by atoms with Gasteiger partial charge in [0, 0.05) is 36.6 Å². The quantitative estimate of drug-likeness (QED) is 0.494. The van der Waals surface area contributed by atoms with E-state index in [9.17, 15) is 9.59 Å². The fourth-order valence-electron chi connectivity index (χ4n) is 3.21. The zero-order chi connectivity index (χ0) is 22.2. The minimum atomic E-state index is -1.03. The highest BCUT2D eigenvalue weighted by Gasteiger charge is 2.16. The number of carbonyl (C=O) groups is 2. The van der Waals surface area contributed by atoms with Crippen LogP contribution in [0.4, 0.5) is 5.13 Å². The molecule has 1 N–H and O–H groups in total. The number of benzene rings is 2. The van der Waals surface area contributed by atoms with E-state index in [0.29, 0.717) is 12.1 Å². The summed E-state index contributed by atoms with van der Waals surface area (Å²) in [5.74, 6) is -1.33. The van der Waals surface area contributed by atoms with Gasteiger partial charge in [-0.1, -0.05) is 55.8 Å². The summed E-state index contributed by atoms with van der Waals surface area (Å²) in [7, 11) is 1.49. The number of likely N-dealkylation sites (N-methyl/N-ethyl adjacent to an activating group) is 1. The molecule has 7 heteroatoms. The van der Waals surface area contributed by atoms with Crippen LogP contribution >= 0.6 is 11.3 Å². The normalized spacial score (nSPS) is 10.6.